The van der Waals surface area contributed by atoms with Crippen LogP contribution in [0.2, 0.25) is 5.15 Å². The van der Waals surface area contributed by atoms with Crippen LogP contribution >= 0.6 is 34.7 Å². The van der Waals surface area contributed by atoms with E-state index < -0.39 is 0 Å². The van der Waals surface area contributed by atoms with E-state index in [9.17, 15) is 0 Å². The number of aryl methyl sites for hydroxylation is 1. The summed E-state index contributed by atoms with van der Waals surface area (Å²) in [4.78, 5) is 4.13. The Kier molecular flexibility index (Phi) is 3.08. The topological polar surface area (TPSA) is 64.7 Å². The van der Waals surface area contributed by atoms with Crippen molar-refractivity contribution in [2.75, 3.05) is 5.73 Å². The van der Waals surface area contributed by atoms with Crippen LogP contribution in [0.25, 0.3) is 0 Å². The van der Waals surface area contributed by atoms with Crippen LogP contribution in [0, 0.1) is 6.92 Å². The first-order chi connectivity index (χ1) is 7.13. The van der Waals surface area contributed by atoms with Crippen molar-refractivity contribution >= 4 is 40.4 Å². The Hall–Kier alpha value is -0.850. The standard InChI is InChI=1S/C8H7ClN4S2/c1-4-12-13-8(14-4)15-7-3-5(10)2-6(9)11-7/h2-3H,1H3,(H2,10,11). The summed E-state index contributed by atoms with van der Waals surface area (Å²) in [6, 6.07) is 3.37. The van der Waals surface area contributed by atoms with Crippen LogP contribution in [0.5, 0.6) is 0 Å². The molecular formula is C8H7ClN4S2. The fourth-order valence-corrected chi connectivity index (χ4v) is 3.02. The molecule has 0 bridgehead atoms. The average Bonchev–Trinajstić information content (AvgIpc) is 2.49. The lowest BCUT2D eigenvalue weighted by Crippen LogP contribution is -1.88. The first-order valence-corrected chi connectivity index (χ1v) is 6.05. The van der Waals surface area contributed by atoms with Gasteiger partial charge in [0.1, 0.15) is 15.2 Å². The van der Waals surface area contributed by atoms with E-state index in [1.807, 2.05) is 6.92 Å². The second-order valence-electron chi connectivity index (χ2n) is 2.75. The van der Waals surface area contributed by atoms with Crippen LogP contribution in [0.1, 0.15) is 5.01 Å². The number of rotatable bonds is 2. The molecule has 0 aliphatic rings. The van der Waals surface area contributed by atoms with E-state index in [1.165, 1.54) is 23.1 Å². The van der Waals surface area contributed by atoms with Gasteiger partial charge in [-0.15, -0.1) is 10.2 Å². The van der Waals surface area contributed by atoms with Gasteiger partial charge in [-0.3, -0.25) is 0 Å². The monoisotopic (exact) mass is 258 g/mol. The third-order valence-electron chi connectivity index (χ3n) is 1.49. The number of hydrogen-bond acceptors (Lipinski definition) is 6. The lowest BCUT2D eigenvalue weighted by Gasteiger charge is -1.99. The molecule has 2 aromatic heterocycles. The van der Waals surface area contributed by atoms with Gasteiger partial charge in [0.2, 0.25) is 0 Å². The minimum atomic E-state index is 0.388. The summed E-state index contributed by atoms with van der Waals surface area (Å²) in [5.41, 5.74) is 6.24. The van der Waals surface area contributed by atoms with Gasteiger partial charge in [-0.05, 0) is 30.8 Å². The molecule has 2 heterocycles. The minimum absolute atomic E-state index is 0.388. The SMILES string of the molecule is Cc1nnc(Sc2cc(N)cc(Cl)n2)s1. The molecule has 15 heavy (non-hydrogen) atoms. The first-order valence-electron chi connectivity index (χ1n) is 4.04. The van der Waals surface area contributed by atoms with Crippen LogP contribution in [0.4, 0.5) is 5.69 Å². The van der Waals surface area contributed by atoms with E-state index in [2.05, 4.69) is 15.2 Å². The Bertz CT molecular complexity index is 465. The molecule has 0 radical (unpaired) electrons. The van der Waals surface area contributed by atoms with Gasteiger partial charge in [0.25, 0.3) is 0 Å². The Morgan fingerprint density at radius 1 is 1.40 bits per heavy atom. The third-order valence-corrected chi connectivity index (χ3v) is 3.49. The van der Waals surface area contributed by atoms with E-state index >= 15 is 0 Å². The van der Waals surface area contributed by atoms with Crippen molar-refractivity contribution in [3.8, 4) is 0 Å². The number of nitrogens with zero attached hydrogens (tertiary/aromatic N) is 3. The van der Waals surface area contributed by atoms with Gasteiger partial charge in [-0.25, -0.2) is 4.98 Å². The summed E-state index contributed by atoms with van der Waals surface area (Å²) >= 11 is 8.70. The molecule has 0 aliphatic carbocycles. The summed E-state index contributed by atoms with van der Waals surface area (Å²) in [5.74, 6) is 0. The molecule has 78 valence electrons. The molecule has 2 N–H and O–H groups in total. The molecule has 0 aromatic carbocycles. The molecular weight excluding hydrogens is 252 g/mol. The summed E-state index contributed by atoms with van der Waals surface area (Å²) < 4.78 is 0.835. The smallest absolute Gasteiger partial charge is 0.180 e. The van der Waals surface area contributed by atoms with Crippen LogP contribution in [-0.4, -0.2) is 15.2 Å². The molecule has 0 fully saturated rings. The van der Waals surface area contributed by atoms with Crippen molar-refractivity contribution < 1.29 is 0 Å². The van der Waals surface area contributed by atoms with E-state index in [1.54, 1.807) is 12.1 Å². The van der Waals surface area contributed by atoms with E-state index in [0.29, 0.717) is 10.8 Å². The zero-order chi connectivity index (χ0) is 10.8. The maximum atomic E-state index is 5.78. The van der Waals surface area contributed by atoms with Gasteiger partial charge in [0.05, 0.1) is 0 Å². The molecule has 2 aromatic rings. The predicted molar refractivity (Wildman–Crippen MR) is 62.4 cm³/mol. The lowest BCUT2D eigenvalue weighted by molar-refractivity contribution is 0.981. The van der Waals surface area contributed by atoms with E-state index in [4.69, 9.17) is 17.3 Å². The first kappa shape index (κ1) is 10.7. The summed E-state index contributed by atoms with van der Waals surface area (Å²) in [6.07, 6.45) is 0. The fraction of sp³-hybridized carbons (Fsp3) is 0.125. The summed E-state index contributed by atoms with van der Waals surface area (Å²) in [6.45, 7) is 1.90. The van der Waals surface area contributed by atoms with Gasteiger partial charge in [-0.1, -0.05) is 22.9 Å². The molecule has 0 saturated heterocycles. The number of aromatic nitrogens is 3. The number of pyridine rings is 1. The number of hydrogen-bond donors (Lipinski definition) is 1. The Morgan fingerprint density at radius 3 is 2.80 bits per heavy atom. The fourth-order valence-electron chi connectivity index (χ4n) is 0.953. The maximum absolute atomic E-state index is 5.78. The highest BCUT2D eigenvalue weighted by Gasteiger charge is 2.06. The minimum Gasteiger partial charge on any atom is -0.399 e. The molecule has 0 aliphatic heterocycles. The second kappa shape index (κ2) is 4.34. The van der Waals surface area contributed by atoms with Gasteiger partial charge >= 0.3 is 0 Å². The highest BCUT2D eigenvalue weighted by molar-refractivity contribution is 8.01. The van der Waals surface area contributed by atoms with Crippen molar-refractivity contribution in [3.05, 3.63) is 22.3 Å². The van der Waals surface area contributed by atoms with Gasteiger partial charge in [-0.2, -0.15) is 0 Å². The van der Waals surface area contributed by atoms with Crippen molar-refractivity contribution in [1.29, 1.82) is 0 Å². The molecule has 2 rings (SSSR count). The molecule has 0 atom stereocenters. The van der Waals surface area contributed by atoms with Crippen LogP contribution in [-0.2, 0) is 0 Å². The van der Waals surface area contributed by atoms with Gasteiger partial charge in [0.15, 0.2) is 4.34 Å². The number of halogens is 1. The highest BCUT2D eigenvalue weighted by Crippen LogP contribution is 2.30. The van der Waals surface area contributed by atoms with E-state index in [-0.39, 0.29) is 0 Å². The Balaban J connectivity index is 2.24. The van der Waals surface area contributed by atoms with Crippen LogP contribution < -0.4 is 5.73 Å². The van der Waals surface area contributed by atoms with E-state index in [0.717, 1.165) is 14.4 Å². The summed E-state index contributed by atoms with van der Waals surface area (Å²) in [7, 11) is 0. The van der Waals surface area contributed by atoms with Crippen molar-refractivity contribution in [2.45, 2.75) is 16.3 Å². The quantitative estimate of drug-likeness (QED) is 0.839. The average molecular weight is 259 g/mol. The Labute approximate surface area is 99.9 Å². The molecule has 0 saturated carbocycles. The Morgan fingerprint density at radius 2 is 2.20 bits per heavy atom. The lowest BCUT2D eigenvalue weighted by atomic mass is 10.4. The van der Waals surface area contributed by atoms with Crippen LogP contribution in [0.3, 0.4) is 0 Å². The number of nitrogens with two attached hydrogens (primary N) is 1. The van der Waals surface area contributed by atoms with Crippen molar-refractivity contribution in [2.24, 2.45) is 0 Å². The zero-order valence-electron chi connectivity index (χ0n) is 7.77. The molecule has 0 spiro atoms. The number of anilines is 1. The second-order valence-corrected chi connectivity index (χ2v) is 5.59. The number of nitrogen functional groups attached to an aromatic ring is 1. The van der Waals surface area contributed by atoms with Crippen molar-refractivity contribution in [3.63, 3.8) is 0 Å². The zero-order valence-corrected chi connectivity index (χ0v) is 10.2. The van der Waals surface area contributed by atoms with Gasteiger partial charge in [0, 0.05) is 5.69 Å². The molecule has 7 heteroatoms. The third kappa shape index (κ3) is 2.80. The summed E-state index contributed by atoms with van der Waals surface area (Å²) in [5, 5.41) is 9.94. The molecule has 0 amide bonds. The normalized spacial score (nSPS) is 10.5. The van der Waals surface area contributed by atoms with Crippen molar-refractivity contribution in [1.82, 2.24) is 15.2 Å². The highest BCUT2D eigenvalue weighted by atomic mass is 35.5. The molecule has 4 nitrogen and oxygen atoms in total. The molecule has 0 unspecified atom stereocenters. The van der Waals surface area contributed by atoms with Crippen LogP contribution in [0.15, 0.2) is 21.5 Å². The van der Waals surface area contributed by atoms with Gasteiger partial charge < -0.3 is 5.73 Å². The largest absolute Gasteiger partial charge is 0.399 e. The maximum Gasteiger partial charge on any atom is 0.180 e. The predicted octanol–water partition coefficient (Wildman–Crippen LogP) is 2.63.